The maximum atomic E-state index is 12.8. The van der Waals surface area contributed by atoms with Crippen LogP contribution >= 0.6 is 0 Å². The molecule has 2 aromatic carbocycles. The van der Waals surface area contributed by atoms with Crippen LogP contribution in [0.5, 0.6) is 23.0 Å². The molecule has 0 unspecified atom stereocenters. The van der Waals surface area contributed by atoms with Gasteiger partial charge in [-0.25, -0.2) is 0 Å². The Morgan fingerprint density at radius 1 is 0.966 bits per heavy atom. The van der Waals surface area contributed by atoms with Crippen molar-refractivity contribution in [2.45, 2.75) is 12.5 Å². The van der Waals surface area contributed by atoms with Gasteiger partial charge in [-0.3, -0.25) is 9.59 Å². The van der Waals surface area contributed by atoms with Crippen molar-refractivity contribution in [3.05, 3.63) is 42.0 Å². The van der Waals surface area contributed by atoms with E-state index in [1.54, 1.807) is 36.3 Å². The molecule has 0 aromatic heterocycles. The Kier molecular flexibility index (Phi) is 6.11. The SMILES string of the molecule is COc1ccc(N2C[C@H](NC(=O)c3cc(OC)c(OC)c(OC)c3)CC2=O)cc1. The molecular weight excluding hydrogens is 376 g/mol. The third-order valence-corrected chi connectivity index (χ3v) is 4.77. The summed E-state index contributed by atoms with van der Waals surface area (Å²) in [6.45, 7) is 0.390. The Labute approximate surface area is 169 Å². The lowest BCUT2D eigenvalue weighted by Gasteiger charge is -2.18. The minimum absolute atomic E-state index is 0.0506. The molecule has 8 nitrogen and oxygen atoms in total. The van der Waals surface area contributed by atoms with Crippen LogP contribution in [0.15, 0.2) is 36.4 Å². The lowest BCUT2D eigenvalue weighted by molar-refractivity contribution is -0.117. The molecule has 1 N–H and O–H groups in total. The molecule has 1 atom stereocenters. The smallest absolute Gasteiger partial charge is 0.251 e. The van der Waals surface area contributed by atoms with Gasteiger partial charge in [0, 0.05) is 24.2 Å². The van der Waals surface area contributed by atoms with Gasteiger partial charge in [0.25, 0.3) is 5.91 Å². The molecule has 2 aromatic rings. The van der Waals surface area contributed by atoms with Gasteiger partial charge in [0.15, 0.2) is 11.5 Å². The summed E-state index contributed by atoms with van der Waals surface area (Å²) in [6.07, 6.45) is 0.224. The molecule has 2 amide bonds. The molecule has 0 aliphatic carbocycles. The minimum atomic E-state index is -0.321. The zero-order valence-corrected chi connectivity index (χ0v) is 16.9. The summed E-state index contributed by atoms with van der Waals surface area (Å²) in [7, 11) is 6.06. The Balaban J connectivity index is 1.73. The Morgan fingerprint density at radius 3 is 2.10 bits per heavy atom. The molecule has 29 heavy (non-hydrogen) atoms. The second-order valence-electron chi connectivity index (χ2n) is 6.49. The van der Waals surface area contributed by atoms with Crippen molar-refractivity contribution in [3.8, 4) is 23.0 Å². The highest BCUT2D eigenvalue weighted by atomic mass is 16.5. The third-order valence-electron chi connectivity index (χ3n) is 4.77. The molecule has 0 bridgehead atoms. The quantitative estimate of drug-likeness (QED) is 0.767. The van der Waals surface area contributed by atoms with Crippen molar-refractivity contribution < 1.29 is 28.5 Å². The van der Waals surface area contributed by atoms with Gasteiger partial charge >= 0.3 is 0 Å². The van der Waals surface area contributed by atoms with Crippen LogP contribution in [0.1, 0.15) is 16.8 Å². The Bertz CT molecular complexity index is 872. The summed E-state index contributed by atoms with van der Waals surface area (Å²) < 4.78 is 21.0. The highest BCUT2D eigenvalue weighted by Crippen LogP contribution is 2.38. The topological polar surface area (TPSA) is 86.3 Å². The molecule has 0 radical (unpaired) electrons. The van der Waals surface area contributed by atoms with Crippen LogP contribution in [0.3, 0.4) is 0 Å². The normalized spacial score (nSPS) is 15.8. The van der Waals surface area contributed by atoms with Gasteiger partial charge in [0.05, 0.1) is 34.5 Å². The zero-order valence-electron chi connectivity index (χ0n) is 16.9. The van der Waals surface area contributed by atoms with Crippen LogP contribution in [0, 0.1) is 0 Å². The fraction of sp³-hybridized carbons (Fsp3) is 0.333. The van der Waals surface area contributed by atoms with Crippen LogP contribution in [0.25, 0.3) is 0 Å². The average Bonchev–Trinajstić information content (AvgIpc) is 3.12. The molecule has 154 valence electrons. The second kappa shape index (κ2) is 8.72. The van der Waals surface area contributed by atoms with Gasteiger partial charge in [0.1, 0.15) is 5.75 Å². The molecular formula is C21H24N2O6. The Morgan fingerprint density at radius 2 is 1.59 bits per heavy atom. The number of nitrogens with zero attached hydrogens (tertiary/aromatic N) is 1. The van der Waals surface area contributed by atoms with Crippen LogP contribution in [-0.2, 0) is 4.79 Å². The van der Waals surface area contributed by atoms with E-state index < -0.39 is 0 Å². The predicted octanol–water partition coefficient (Wildman–Crippen LogP) is 2.26. The van der Waals surface area contributed by atoms with Gasteiger partial charge in [-0.15, -0.1) is 0 Å². The van der Waals surface area contributed by atoms with Crippen molar-refractivity contribution in [2.75, 3.05) is 39.9 Å². The number of hydrogen-bond acceptors (Lipinski definition) is 6. The van der Waals surface area contributed by atoms with Gasteiger partial charge in [-0.05, 0) is 36.4 Å². The Hall–Kier alpha value is -3.42. The number of amides is 2. The van der Waals surface area contributed by atoms with Gasteiger partial charge < -0.3 is 29.2 Å². The van der Waals surface area contributed by atoms with Crippen molar-refractivity contribution in [3.63, 3.8) is 0 Å². The summed E-state index contributed by atoms with van der Waals surface area (Å²) in [5.74, 6) is 1.53. The summed E-state index contributed by atoms with van der Waals surface area (Å²) >= 11 is 0. The summed E-state index contributed by atoms with van der Waals surface area (Å²) in [5.41, 5.74) is 1.12. The summed E-state index contributed by atoms with van der Waals surface area (Å²) in [4.78, 5) is 26.8. The van der Waals surface area contributed by atoms with E-state index in [1.807, 2.05) is 12.1 Å². The number of rotatable bonds is 7. The lowest BCUT2D eigenvalue weighted by atomic mass is 10.1. The summed E-state index contributed by atoms with van der Waals surface area (Å²) in [6, 6.07) is 10.1. The fourth-order valence-electron chi connectivity index (χ4n) is 3.30. The molecule has 0 spiro atoms. The van der Waals surface area contributed by atoms with E-state index in [9.17, 15) is 9.59 Å². The number of benzene rings is 2. The first-order valence-electron chi connectivity index (χ1n) is 9.06. The van der Waals surface area contributed by atoms with E-state index >= 15 is 0 Å². The predicted molar refractivity (Wildman–Crippen MR) is 107 cm³/mol. The van der Waals surface area contributed by atoms with Gasteiger partial charge in [0.2, 0.25) is 11.7 Å². The molecule has 8 heteroatoms. The zero-order chi connectivity index (χ0) is 21.0. The van der Waals surface area contributed by atoms with Gasteiger partial charge in [-0.2, -0.15) is 0 Å². The molecule has 1 heterocycles. The van der Waals surface area contributed by atoms with E-state index in [-0.39, 0.29) is 24.3 Å². The number of carbonyl (C=O) groups is 2. The number of anilines is 1. The monoisotopic (exact) mass is 400 g/mol. The molecule has 1 aliphatic heterocycles. The molecule has 0 saturated carbocycles. The molecule has 3 rings (SSSR count). The summed E-state index contributed by atoms with van der Waals surface area (Å²) in [5, 5.41) is 2.91. The van der Waals surface area contributed by atoms with Gasteiger partial charge in [-0.1, -0.05) is 0 Å². The number of carbonyl (C=O) groups excluding carboxylic acids is 2. The van der Waals surface area contributed by atoms with Crippen molar-refractivity contribution >= 4 is 17.5 Å². The maximum absolute atomic E-state index is 12.8. The van der Waals surface area contributed by atoms with Crippen molar-refractivity contribution in [2.24, 2.45) is 0 Å². The van der Waals surface area contributed by atoms with E-state index in [2.05, 4.69) is 5.32 Å². The molecule has 1 aliphatic rings. The van der Waals surface area contributed by atoms with Crippen LogP contribution in [0.4, 0.5) is 5.69 Å². The first kappa shape index (κ1) is 20.3. The number of methoxy groups -OCH3 is 4. The van der Waals surface area contributed by atoms with Crippen molar-refractivity contribution in [1.82, 2.24) is 5.32 Å². The largest absolute Gasteiger partial charge is 0.497 e. The highest BCUT2D eigenvalue weighted by molar-refractivity contribution is 5.99. The lowest BCUT2D eigenvalue weighted by Crippen LogP contribution is -2.37. The van der Waals surface area contributed by atoms with E-state index in [4.69, 9.17) is 18.9 Å². The average molecular weight is 400 g/mol. The first-order chi connectivity index (χ1) is 14.0. The highest BCUT2D eigenvalue weighted by Gasteiger charge is 2.32. The standard InChI is InChI=1S/C21H24N2O6/c1-26-16-7-5-15(6-8-16)23-12-14(11-19(23)24)22-21(25)13-9-17(27-2)20(29-4)18(10-13)28-3/h5-10,14H,11-12H2,1-4H3,(H,22,25)/t14-/m1/s1. The third kappa shape index (κ3) is 4.21. The van der Waals surface area contributed by atoms with Crippen LogP contribution in [-0.4, -0.2) is 52.8 Å². The number of ether oxygens (including phenoxy) is 4. The van der Waals surface area contributed by atoms with E-state index in [1.165, 1.54) is 21.3 Å². The minimum Gasteiger partial charge on any atom is -0.497 e. The fourth-order valence-corrected chi connectivity index (χ4v) is 3.30. The maximum Gasteiger partial charge on any atom is 0.251 e. The number of nitrogens with one attached hydrogen (secondary N) is 1. The number of hydrogen-bond donors (Lipinski definition) is 1. The van der Waals surface area contributed by atoms with E-state index in [0.29, 0.717) is 35.1 Å². The van der Waals surface area contributed by atoms with Crippen LogP contribution < -0.4 is 29.2 Å². The first-order valence-corrected chi connectivity index (χ1v) is 9.06. The van der Waals surface area contributed by atoms with Crippen molar-refractivity contribution in [1.29, 1.82) is 0 Å². The second-order valence-corrected chi connectivity index (χ2v) is 6.49. The van der Waals surface area contributed by atoms with Crippen LogP contribution in [0.2, 0.25) is 0 Å². The van der Waals surface area contributed by atoms with E-state index in [0.717, 1.165) is 5.69 Å². The molecule has 1 fully saturated rings. The molecule has 1 saturated heterocycles.